The predicted octanol–water partition coefficient (Wildman–Crippen LogP) is 2.89. The molecule has 2 N–H and O–H groups in total. The lowest BCUT2D eigenvalue weighted by Gasteiger charge is -2.31. The summed E-state index contributed by atoms with van der Waals surface area (Å²) in [4.78, 5) is 14.8. The first kappa shape index (κ1) is 15.0. The molecular weight excluding hydrogens is 248 g/mol. The third-order valence-corrected chi connectivity index (χ3v) is 4.46. The number of benzene rings is 1. The number of nitrogens with zero attached hydrogens (tertiary/aromatic N) is 1. The Balaban J connectivity index is 2.23. The molecule has 0 saturated carbocycles. The summed E-state index contributed by atoms with van der Waals surface area (Å²) in [5.74, 6) is 0.471. The zero-order chi connectivity index (χ0) is 14.7. The number of rotatable bonds is 4. The lowest BCUT2D eigenvalue weighted by Crippen LogP contribution is -2.41. The van der Waals surface area contributed by atoms with Gasteiger partial charge in [-0.2, -0.15) is 0 Å². The number of carbonyl (C=O) groups is 1. The highest BCUT2D eigenvalue weighted by Crippen LogP contribution is 2.35. The summed E-state index contributed by atoms with van der Waals surface area (Å²) in [5.41, 5.74) is 8.37. The number of likely N-dealkylation sites (tertiary alicyclic amines) is 1. The number of aryl methyl sites for hydroxylation is 1. The van der Waals surface area contributed by atoms with E-state index in [9.17, 15) is 4.79 Å². The van der Waals surface area contributed by atoms with Crippen molar-refractivity contribution in [3.8, 4) is 0 Å². The molecular formula is C17H26N2O. The van der Waals surface area contributed by atoms with Gasteiger partial charge in [0.25, 0.3) is 0 Å². The van der Waals surface area contributed by atoms with E-state index in [0.717, 1.165) is 19.4 Å². The lowest BCUT2D eigenvalue weighted by atomic mass is 9.93. The highest BCUT2D eigenvalue weighted by molar-refractivity contribution is 5.80. The van der Waals surface area contributed by atoms with Gasteiger partial charge < -0.3 is 10.6 Å². The topological polar surface area (TPSA) is 46.3 Å². The third kappa shape index (κ3) is 2.88. The number of amides is 1. The van der Waals surface area contributed by atoms with Crippen molar-refractivity contribution in [2.75, 3.05) is 13.1 Å². The summed E-state index contributed by atoms with van der Waals surface area (Å²) in [5, 5.41) is 0. The Hall–Kier alpha value is -1.35. The summed E-state index contributed by atoms with van der Waals surface area (Å²) in [6, 6.07) is 8.62. The molecule has 1 amide bonds. The van der Waals surface area contributed by atoms with E-state index in [1.54, 1.807) is 0 Å². The molecule has 1 fully saturated rings. The number of hydrogen-bond acceptors (Lipinski definition) is 2. The maximum atomic E-state index is 12.8. The van der Waals surface area contributed by atoms with Crippen LogP contribution in [0.2, 0.25) is 0 Å². The van der Waals surface area contributed by atoms with Gasteiger partial charge in [0.15, 0.2) is 0 Å². The van der Waals surface area contributed by atoms with Crippen LogP contribution in [0.15, 0.2) is 24.3 Å². The van der Waals surface area contributed by atoms with Gasteiger partial charge in [-0.3, -0.25) is 4.79 Å². The summed E-state index contributed by atoms with van der Waals surface area (Å²) in [6.07, 6.45) is 2.14. The third-order valence-electron chi connectivity index (χ3n) is 4.46. The highest BCUT2D eigenvalue weighted by Gasteiger charge is 2.34. The quantitative estimate of drug-likeness (QED) is 0.917. The molecule has 1 heterocycles. The molecule has 2 unspecified atom stereocenters. The van der Waals surface area contributed by atoms with Gasteiger partial charge >= 0.3 is 0 Å². The lowest BCUT2D eigenvalue weighted by molar-refractivity contribution is -0.137. The molecule has 0 aliphatic carbocycles. The number of carbonyl (C=O) groups excluding carboxylic acids is 1. The van der Waals surface area contributed by atoms with Gasteiger partial charge in [0.05, 0.1) is 12.0 Å². The van der Waals surface area contributed by atoms with Crippen molar-refractivity contribution in [2.24, 2.45) is 17.6 Å². The normalized spacial score (nSPS) is 20.4. The largest absolute Gasteiger partial charge is 0.335 e. The molecule has 1 saturated heterocycles. The SMILES string of the molecule is Cc1ccccc1C1CCCN1C(=O)C(CN)C(C)C. The monoisotopic (exact) mass is 274 g/mol. The molecule has 2 atom stereocenters. The van der Waals surface area contributed by atoms with Crippen molar-refractivity contribution in [2.45, 2.75) is 39.7 Å². The van der Waals surface area contributed by atoms with E-state index in [-0.39, 0.29) is 17.9 Å². The van der Waals surface area contributed by atoms with Gasteiger partial charge in [-0.25, -0.2) is 0 Å². The first-order valence-corrected chi connectivity index (χ1v) is 7.62. The van der Waals surface area contributed by atoms with Gasteiger partial charge in [0.2, 0.25) is 5.91 Å². The van der Waals surface area contributed by atoms with Crippen LogP contribution in [-0.4, -0.2) is 23.9 Å². The molecule has 3 heteroatoms. The molecule has 1 aromatic rings. The molecule has 110 valence electrons. The fourth-order valence-electron chi connectivity index (χ4n) is 3.19. The van der Waals surface area contributed by atoms with E-state index in [4.69, 9.17) is 5.73 Å². The molecule has 0 spiro atoms. The van der Waals surface area contributed by atoms with Crippen LogP contribution >= 0.6 is 0 Å². The molecule has 1 aliphatic heterocycles. The van der Waals surface area contributed by atoms with E-state index in [1.807, 2.05) is 0 Å². The van der Waals surface area contributed by atoms with Gasteiger partial charge in [0.1, 0.15) is 0 Å². The van der Waals surface area contributed by atoms with Crippen LogP contribution < -0.4 is 5.73 Å². The van der Waals surface area contributed by atoms with Crippen molar-refractivity contribution in [3.05, 3.63) is 35.4 Å². The Kier molecular flexibility index (Phi) is 4.81. The Bertz CT molecular complexity index is 470. The van der Waals surface area contributed by atoms with E-state index in [2.05, 4.69) is 49.9 Å². The van der Waals surface area contributed by atoms with E-state index in [0.29, 0.717) is 12.5 Å². The minimum absolute atomic E-state index is 0.0559. The molecule has 3 nitrogen and oxygen atoms in total. The Morgan fingerprint density at radius 1 is 1.40 bits per heavy atom. The van der Waals surface area contributed by atoms with Crippen molar-refractivity contribution in [1.82, 2.24) is 4.90 Å². The molecule has 2 rings (SSSR count). The van der Waals surface area contributed by atoms with Crippen LogP contribution in [0.3, 0.4) is 0 Å². The van der Waals surface area contributed by atoms with Crippen molar-refractivity contribution in [1.29, 1.82) is 0 Å². The fourth-order valence-corrected chi connectivity index (χ4v) is 3.19. The van der Waals surface area contributed by atoms with Gasteiger partial charge in [-0.05, 0) is 36.8 Å². The maximum Gasteiger partial charge on any atom is 0.227 e. The number of nitrogens with two attached hydrogens (primary N) is 1. The first-order chi connectivity index (χ1) is 9.56. The minimum atomic E-state index is -0.0559. The summed E-state index contributed by atoms with van der Waals surface area (Å²) >= 11 is 0. The zero-order valence-electron chi connectivity index (χ0n) is 12.8. The fraction of sp³-hybridized carbons (Fsp3) is 0.588. The Labute approximate surface area is 122 Å². The minimum Gasteiger partial charge on any atom is -0.335 e. The van der Waals surface area contributed by atoms with Crippen LogP contribution in [0.25, 0.3) is 0 Å². The molecule has 0 aromatic heterocycles. The van der Waals surface area contributed by atoms with Gasteiger partial charge in [-0.1, -0.05) is 38.1 Å². The summed E-state index contributed by atoms with van der Waals surface area (Å²) in [7, 11) is 0. The summed E-state index contributed by atoms with van der Waals surface area (Å²) < 4.78 is 0. The van der Waals surface area contributed by atoms with Crippen LogP contribution in [0.5, 0.6) is 0 Å². The second-order valence-electron chi connectivity index (χ2n) is 6.13. The number of hydrogen-bond donors (Lipinski definition) is 1. The zero-order valence-corrected chi connectivity index (χ0v) is 12.8. The van der Waals surface area contributed by atoms with Crippen LogP contribution in [-0.2, 0) is 4.79 Å². The van der Waals surface area contributed by atoms with Crippen molar-refractivity contribution >= 4 is 5.91 Å². The van der Waals surface area contributed by atoms with Crippen LogP contribution in [0.4, 0.5) is 0 Å². The molecule has 0 radical (unpaired) electrons. The van der Waals surface area contributed by atoms with Gasteiger partial charge in [-0.15, -0.1) is 0 Å². The van der Waals surface area contributed by atoms with Crippen LogP contribution in [0.1, 0.15) is 43.9 Å². The standard InChI is InChI=1S/C17H26N2O/c1-12(2)15(11-18)17(20)19-10-6-9-16(19)14-8-5-4-7-13(14)3/h4-5,7-8,12,15-16H,6,9-11,18H2,1-3H3. The maximum absolute atomic E-state index is 12.8. The Morgan fingerprint density at radius 3 is 2.70 bits per heavy atom. The second kappa shape index (κ2) is 6.40. The van der Waals surface area contributed by atoms with Crippen molar-refractivity contribution in [3.63, 3.8) is 0 Å². The predicted molar refractivity (Wildman–Crippen MR) is 82.2 cm³/mol. The molecule has 1 aromatic carbocycles. The summed E-state index contributed by atoms with van der Waals surface area (Å²) in [6.45, 7) is 7.58. The average molecular weight is 274 g/mol. The van der Waals surface area contributed by atoms with Crippen molar-refractivity contribution < 1.29 is 4.79 Å². The molecule has 1 aliphatic rings. The first-order valence-electron chi connectivity index (χ1n) is 7.62. The Morgan fingerprint density at radius 2 is 2.10 bits per heavy atom. The van der Waals surface area contributed by atoms with Gasteiger partial charge in [0, 0.05) is 13.1 Å². The molecule has 0 bridgehead atoms. The van der Waals surface area contributed by atoms with E-state index in [1.165, 1.54) is 11.1 Å². The highest BCUT2D eigenvalue weighted by atomic mass is 16.2. The van der Waals surface area contributed by atoms with E-state index < -0.39 is 0 Å². The smallest absolute Gasteiger partial charge is 0.227 e. The second-order valence-corrected chi connectivity index (χ2v) is 6.13. The average Bonchev–Trinajstić information content (AvgIpc) is 2.88. The van der Waals surface area contributed by atoms with E-state index >= 15 is 0 Å². The molecule has 20 heavy (non-hydrogen) atoms. The van der Waals surface area contributed by atoms with Crippen LogP contribution in [0, 0.1) is 18.8 Å².